The Bertz CT molecular complexity index is 10300. The van der Waals surface area contributed by atoms with E-state index in [0.717, 1.165) is 0 Å². The molecule has 0 aromatic heterocycles. The lowest BCUT2D eigenvalue weighted by atomic mass is 9.90. The summed E-state index contributed by atoms with van der Waals surface area (Å²) in [5, 5.41) is 69.1. The molecular weight excluding hydrogens is 1780 g/mol. The largest absolute Gasteiger partial charge is 0.0616 e. The zero-order chi connectivity index (χ0) is 97.9. The first-order chi connectivity index (χ1) is 73.3. The molecule has 0 nitrogen and oxygen atoms in total. The molecule has 34 rings (SSSR count). The molecule has 0 saturated carbocycles. The lowest BCUT2D eigenvalue weighted by molar-refractivity contribution is 1.76. The summed E-state index contributed by atoms with van der Waals surface area (Å²) in [5.74, 6) is 0. The predicted octanol–water partition coefficient (Wildman–Crippen LogP) is 42.4. The summed E-state index contributed by atoms with van der Waals surface area (Å²) in [6, 6.07) is 210. The second-order valence-corrected chi connectivity index (χ2v) is 39.1. The second kappa shape index (κ2) is 37.9. The number of rotatable bonds is 0. The van der Waals surface area contributed by atoms with Gasteiger partial charge in [-0.05, 0) is 353 Å². The fraction of sp³-hybridized carbons (Fsp3) is 0. The molecule has 688 valence electrons. The van der Waals surface area contributed by atoms with Crippen LogP contribution >= 0.6 is 0 Å². The van der Waals surface area contributed by atoms with Gasteiger partial charge in [0, 0.05) is 0 Å². The van der Waals surface area contributed by atoms with E-state index < -0.39 is 0 Å². The zero-order valence-corrected chi connectivity index (χ0v) is 81.4. The van der Waals surface area contributed by atoms with Gasteiger partial charge in [0.15, 0.2) is 0 Å². The molecule has 0 aliphatic carbocycles. The summed E-state index contributed by atoms with van der Waals surface area (Å²) >= 11 is 0. The van der Waals surface area contributed by atoms with Gasteiger partial charge in [0.25, 0.3) is 0 Å². The van der Waals surface area contributed by atoms with Gasteiger partial charge < -0.3 is 0 Å². The molecule has 0 N–H and O–H groups in total. The lowest BCUT2D eigenvalue weighted by Crippen LogP contribution is -1.85. The third-order valence-corrected chi connectivity index (χ3v) is 30.4. The Morgan fingerprint density at radius 2 is 0.182 bits per heavy atom. The SMILES string of the molecule is c1cc2ccc3cccc4ccc(c1)c2c34.c1cc2cccc3c4cccc5cccc(c(c1)c23)c54.c1ccc2c(c1)ccc1cc3c(ccc4ccccc43)cc12.c1ccc2c(c1)ccc1cc3ccc4ccccc4c3cc12.c1ccc2c(c1)ccc1ccc3ccccc3c12.c1ccc2cc3c(ccc4ccccc43)cc2c1.c1ccc2cc3cc4ccccc4cc3cc2c1.c1ccc2cc3ccccc3cc2c1. The summed E-state index contributed by atoms with van der Waals surface area (Å²) in [5.41, 5.74) is 0. The fourth-order valence-electron chi connectivity index (χ4n) is 23.3. The van der Waals surface area contributed by atoms with E-state index in [1.807, 2.05) is 0 Å². The first-order valence-corrected chi connectivity index (χ1v) is 51.3. The Kier molecular flexibility index (Phi) is 22.5. The van der Waals surface area contributed by atoms with Crippen molar-refractivity contribution in [1.82, 2.24) is 0 Å². The average Bonchev–Trinajstić information content (AvgIpc) is 0.719. The van der Waals surface area contributed by atoms with Crippen molar-refractivity contribution in [3.63, 3.8) is 0 Å². The molecule has 0 spiro atoms. The van der Waals surface area contributed by atoms with Crippen LogP contribution in [-0.4, -0.2) is 0 Å². The normalized spacial score (nSPS) is 11.5. The third-order valence-electron chi connectivity index (χ3n) is 30.4. The highest BCUT2D eigenvalue weighted by atomic mass is 14.2. The molecule has 148 heavy (non-hydrogen) atoms. The Morgan fingerprint density at radius 1 is 0.0541 bits per heavy atom. The van der Waals surface area contributed by atoms with Crippen molar-refractivity contribution in [2.45, 2.75) is 0 Å². The summed E-state index contributed by atoms with van der Waals surface area (Å²) < 4.78 is 0. The Labute approximate surface area is 856 Å². The smallest absolute Gasteiger partial charge is 0.00264 e. The van der Waals surface area contributed by atoms with Crippen LogP contribution in [0.3, 0.4) is 0 Å². The summed E-state index contributed by atoms with van der Waals surface area (Å²) in [6.45, 7) is 0. The molecule has 0 amide bonds. The van der Waals surface area contributed by atoms with Crippen LogP contribution in [0, 0.1) is 0 Å². The number of hydrogen-bond acceptors (Lipinski definition) is 0. The predicted molar refractivity (Wildman–Crippen MR) is 649 cm³/mol. The van der Waals surface area contributed by atoms with Gasteiger partial charge in [-0.2, -0.15) is 0 Å². The van der Waals surface area contributed by atoms with Crippen molar-refractivity contribution >= 4 is 280 Å². The van der Waals surface area contributed by atoms with Crippen LogP contribution in [0.2, 0.25) is 0 Å². The molecule has 0 saturated heterocycles. The topological polar surface area (TPSA) is 0 Å². The molecule has 0 aliphatic heterocycles. The van der Waals surface area contributed by atoms with E-state index in [-0.39, 0.29) is 0 Å². The molecule has 34 aromatic rings. The van der Waals surface area contributed by atoms with Crippen molar-refractivity contribution in [3.8, 4) is 0 Å². The van der Waals surface area contributed by atoms with Crippen molar-refractivity contribution in [2.75, 3.05) is 0 Å². The van der Waals surface area contributed by atoms with Crippen molar-refractivity contribution in [1.29, 1.82) is 0 Å². The highest BCUT2D eigenvalue weighted by molar-refractivity contribution is 6.33. The van der Waals surface area contributed by atoms with E-state index in [2.05, 4.69) is 582 Å². The van der Waals surface area contributed by atoms with Crippen molar-refractivity contribution in [2.24, 2.45) is 0 Å². The van der Waals surface area contributed by atoms with Crippen LogP contribution in [0.25, 0.3) is 280 Å². The highest BCUT2D eigenvalue weighted by Gasteiger charge is 2.16. The fourth-order valence-corrected chi connectivity index (χ4v) is 23.3. The summed E-state index contributed by atoms with van der Waals surface area (Å²) in [6.07, 6.45) is 0. The number of hydrogen-bond donors (Lipinski definition) is 0. The van der Waals surface area contributed by atoms with E-state index >= 15 is 0 Å². The molecule has 0 heterocycles. The Hall–Kier alpha value is -19.2. The van der Waals surface area contributed by atoms with Gasteiger partial charge in [-0.1, -0.05) is 510 Å². The Morgan fingerprint density at radius 3 is 0.439 bits per heavy atom. The molecular formula is C148H96. The highest BCUT2D eigenvalue weighted by Crippen LogP contribution is 2.44. The van der Waals surface area contributed by atoms with Gasteiger partial charge in [-0.15, -0.1) is 0 Å². The number of benzene rings is 34. The standard InChI is InChI=1S/2C22H14.C20H12.3C18H12.C16H10.C14H10/c1-3-7-19-15(5-1)9-11-17-14-22-18(13-21(17)19)12-10-16-6-2-4-8-20(16)22;1-3-7-19-15(5-1)9-11-17-13-18-12-10-16-6-2-4-8-20(16)22(18)14-21(17)19;1-5-13-6-2-11-17-18-12-4-8-14-7-3-10-16(20(14)18)15(9-1)19(13)17;1-3-7-16-13(5-1)9-11-15-12-10-14-6-2-4-8-17(14)18(15)16;1-2-7-15-12-18-16(11-14(15)6-1)10-9-13-5-3-4-8-17(13)18;1-2-6-14-10-18-12-16-8-4-3-7-15(16)11-17(18)9-13(14)5-1;1-3-11-7-9-13-5-2-6-14-10-8-12(4-1)15(11)16(13)14;1-2-6-12-10-14-8-4-3-7-13(14)9-11(12)5-1/h2*1-14H;1-12H;3*1-12H;1-10H;1-10H. The minimum absolute atomic E-state index is 1.30. The van der Waals surface area contributed by atoms with Crippen LogP contribution in [0.15, 0.2) is 582 Å². The average molecular weight is 1870 g/mol. The first kappa shape index (κ1) is 87.8. The summed E-state index contributed by atoms with van der Waals surface area (Å²) in [4.78, 5) is 0. The second-order valence-electron chi connectivity index (χ2n) is 39.1. The molecule has 0 fully saturated rings. The van der Waals surface area contributed by atoms with E-state index in [4.69, 9.17) is 0 Å². The zero-order valence-electron chi connectivity index (χ0n) is 81.4. The van der Waals surface area contributed by atoms with Gasteiger partial charge in [0.2, 0.25) is 0 Å². The van der Waals surface area contributed by atoms with Gasteiger partial charge >= 0.3 is 0 Å². The van der Waals surface area contributed by atoms with Gasteiger partial charge in [0.1, 0.15) is 0 Å². The van der Waals surface area contributed by atoms with Gasteiger partial charge in [-0.3, -0.25) is 0 Å². The molecule has 0 heteroatoms. The molecule has 0 atom stereocenters. The van der Waals surface area contributed by atoms with E-state index in [1.54, 1.807) is 0 Å². The monoisotopic (exact) mass is 1870 g/mol. The van der Waals surface area contributed by atoms with E-state index in [0.29, 0.717) is 0 Å². The van der Waals surface area contributed by atoms with Crippen molar-refractivity contribution < 1.29 is 0 Å². The maximum atomic E-state index is 2.36. The summed E-state index contributed by atoms with van der Waals surface area (Å²) in [7, 11) is 0. The van der Waals surface area contributed by atoms with Crippen LogP contribution in [0.1, 0.15) is 0 Å². The minimum atomic E-state index is 1.30. The van der Waals surface area contributed by atoms with Crippen LogP contribution in [0.4, 0.5) is 0 Å². The van der Waals surface area contributed by atoms with Crippen LogP contribution in [0.5, 0.6) is 0 Å². The maximum absolute atomic E-state index is 2.36. The number of fused-ring (bicyclic) bond motifs is 28. The molecule has 0 radical (unpaired) electrons. The maximum Gasteiger partial charge on any atom is -0.00264 e. The van der Waals surface area contributed by atoms with Gasteiger partial charge in [-0.25, -0.2) is 0 Å². The third kappa shape index (κ3) is 16.4. The molecule has 0 bridgehead atoms. The first-order valence-electron chi connectivity index (χ1n) is 51.3. The molecule has 0 unspecified atom stereocenters. The lowest BCUT2D eigenvalue weighted by Gasteiger charge is -2.13. The quantitative estimate of drug-likeness (QED) is 0.105. The van der Waals surface area contributed by atoms with Crippen LogP contribution < -0.4 is 0 Å². The van der Waals surface area contributed by atoms with E-state index in [1.165, 1.54) is 280 Å². The van der Waals surface area contributed by atoms with Crippen LogP contribution in [-0.2, 0) is 0 Å². The van der Waals surface area contributed by atoms with Gasteiger partial charge in [0.05, 0.1) is 0 Å². The molecule has 34 aromatic carbocycles. The van der Waals surface area contributed by atoms with E-state index in [9.17, 15) is 0 Å². The minimum Gasteiger partial charge on any atom is -0.0616 e. The van der Waals surface area contributed by atoms with Crippen molar-refractivity contribution in [3.05, 3.63) is 582 Å². The Balaban J connectivity index is 0.0000000838. The molecule has 0 aliphatic rings.